The predicted molar refractivity (Wildman–Crippen MR) is 169 cm³/mol. The second-order valence-corrected chi connectivity index (χ2v) is 10.0. The van der Waals surface area contributed by atoms with Gasteiger partial charge in [0.2, 0.25) is 0 Å². The number of hydrogen-bond acceptors (Lipinski definition) is 2. The van der Waals surface area contributed by atoms with Crippen LogP contribution in [-0.2, 0) is 9.59 Å². The number of carboxylic acids is 2. The van der Waals surface area contributed by atoms with E-state index < -0.39 is 11.9 Å². The van der Waals surface area contributed by atoms with E-state index in [0.717, 1.165) is 77.0 Å². The van der Waals surface area contributed by atoms with E-state index in [9.17, 15) is 9.59 Å². The van der Waals surface area contributed by atoms with Crippen molar-refractivity contribution in [2.75, 3.05) is 0 Å². The zero-order valence-corrected chi connectivity index (χ0v) is 25.3. The average molecular weight is 545 g/mol. The van der Waals surface area contributed by atoms with Crippen LogP contribution in [0.4, 0.5) is 0 Å². The van der Waals surface area contributed by atoms with Gasteiger partial charge in [0, 0.05) is 12.8 Å². The molecule has 0 spiro atoms. The van der Waals surface area contributed by atoms with Crippen LogP contribution >= 0.6 is 0 Å². The molecule has 224 valence electrons. The molecule has 0 aromatic carbocycles. The summed E-state index contributed by atoms with van der Waals surface area (Å²) in [5.41, 5.74) is 0. The molecule has 0 rings (SSSR count). The van der Waals surface area contributed by atoms with Gasteiger partial charge >= 0.3 is 11.9 Å². The third-order valence-electron chi connectivity index (χ3n) is 6.13. The number of carbonyl (C=O) groups is 2. The molecule has 0 bridgehead atoms. The molecule has 0 fully saturated rings. The monoisotopic (exact) mass is 544 g/mol. The van der Waals surface area contributed by atoms with Gasteiger partial charge < -0.3 is 10.2 Å². The van der Waals surface area contributed by atoms with Crippen LogP contribution in [0.5, 0.6) is 0 Å². The molecule has 0 saturated carbocycles. The van der Waals surface area contributed by atoms with Crippen LogP contribution in [0.25, 0.3) is 0 Å². The van der Waals surface area contributed by atoms with Crippen LogP contribution in [-0.4, -0.2) is 22.2 Å². The number of rotatable bonds is 26. The van der Waals surface area contributed by atoms with Crippen molar-refractivity contribution in [3.8, 4) is 0 Å². The van der Waals surface area contributed by atoms with Crippen LogP contribution in [0, 0.1) is 0 Å². The summed E-state index contributed by atoms with van der Waals surface area (Å²) in [6, 6.07) is 0. The van der Waals surface area contributed by atoms with E-state index in [1.165, 1.54) is 44.9 Å². The second kappa shape index (κ2) is 35.6. The third kappa shape index (κ3) is 43.0. The number of carboxylic acid groups (broad SMARTS) is 2. The number of unbranched alkanes of at least 4 members (excludes halogenated alkanes) is 12. The Kier molecular flexibility index (Phi) is 35.4. The van der Waals surface area contributed by atoms with Gasteiger partial charge in [-0.25, -0.2) is 0 Å². The van der Waals surface area contributed by atoms with E-state index in [1.54, 1.807) is 0 Å². The Labute approximate surface area is 241 Å². The molecule has 0 amide bonds. The van der Waals surface area contributed by atoms with Crippen LogP contribution in [0.15, 0.2) is 60.8 Å². The summed E-state index contributed by atoms with van der Waals surface area (Å²) >= 11 is 0. The Morgan fingerprint density at radius 1 is 0.436 bits per heavy atom. The SMILES string of the molecule is CC/C=C\C/C=C\C/C=C\CCCCCCCC(=O)O.CCCC/C=C\C/C=C\CCCCCCCC(=O)O. The van der Waals surface area contributed by atoms with Gasteiger partial charge in [0.25, 0.3) is 0 Å². The normalized spacial score (nSPS) is 11.8. The van der Waals surface area contributed by atoms with E-state index in [-0.39, 0.29) is 0 Å². The molecule has 0 aliphatic rings. The fraction of sp³-hybridized carbons (Fsp3) is 0.657. The predicted octanol–water partition coefficient (Wildman–Crippen LogP) is 11.2. The Hall–Kier alpha value is -2.36. The van der Waals surface area contributed by atoms with Crippen molar-refractivity contribution in [2.45, 2.75) is 149 Å². The van der Waals surface area contributed by atoms with Gasteiger partial charge in [0.15, 0.2) is 0 Å². The van der Waals surface area contributed by atoms with Gasteiger partial charge in [-0.1, -0.05) is 126 Å². The van der Waals surface area contributed by atoms with E-state index in [4.69, 9.17) is 10.2 Å². The van der Waals surface area contributed by atoms with Gasteiger partial charge in [-0.3, -0.25) is 9.59 Å². The molecular weight excluding hydrogens is 484 g/mol. The van der Waals surface area contributed by atoms with Crippen molar-refractivity contribution in [1.82, 2.24) is 0 Å². The van der Waals surface area contributed by atoms with Crippen molar-refractivity contribution >= 4 is 11.9 Å². The Bertz CT molecular complexity index is 670. The summed E-state index contributed by atoms with van der Waals surface area (Å²) < 4.78 is 0. The number of aliphatic carboxylic acids is 2. The lowest BCUT2D eigenvalue weighted by Gasteiger charge is -1.98. The zero-order valence-electron chi connectivity index (χ0n) is 25.3. The van der Waals surface area contributed by atoms with E-state index in [0.29, 0.717) is 12.8 Å². The first-order chi connectivity index (χ1) is 19.0. The van der Waals surface area contributed by atoms with Gasteiger partial charge in [-0.15, -0.1) is 0 Å². The number of allylic oxidation sites excluding steroid dienone is 10. The molecule has 0 atom stereocenters. The Balaban J connectivity index is 0. The molecule has 0 aromatic rings. The smallest absolute Gasteiger partial charge is 0.303 e. The molecule has 4 heteroatoms. The maximum absolute atomic E-state index is 10.3. The van der Waals surface area contributed by atoms with Gasteiger partial charge in [-0.05, 0) is 70.6 Å². The first-order valence-corrected chi connectivity index (χ1v) is 15.7. The minimum absolute atomic E-state index is 0.319. The number of hydrogen-bond donors (Lipinski definition) is 2. The van der Waals surface area contributed by atoms with Crippen LogP contribution in [0.1, 0.15) is 149 Å². The van der Waals surface area contributed by atoms with E-state index >= 15 is 0 Å². The minimum atomic E-state index is -0.675. The summed E-state index contributed by atoms with van der Waals surface area (Å²) in [5, 5.41) is 17.0. The van der Waals surface area contributed by atoms with Crippen molar-refractivity contribution < 1.29 is 19.8 Å². The first kappa shape index (κ1) is 38.8. The summed E-state index contributed by atoms with van der Waals surface area (Å²) in [4.78, 5) is 20.6. The molecular formula is C35H60O4. The highest BCUT2D eigenvalue weighted by molar-refractivity contribution is 5.66. The molecule has 0 aromatic heterocycles. The Morgan fingerprint density at radius 2 is 0.769 bits per heavy atom. The van der Waals surface area contributed by atoms with Crippen LogP contribution < -0.4 is 0 Å². The van der Waals surface area contributed by atoms with Gasteiger partial charge in [0.05, 0.1) is 0 Å². The van der Waals surface area contributed by atoms with Crippen LogP contribution in [0.2, 0.25) is 0 Å². The molecule has 0 aliphatic heterocycles. The van der Waals surface area contributed by atoms with E-state index in [2.05, 4.69) is 74.6 Å². The van der Waals surface area contributed by atoms with Crippen molar-refractivity contribution in [1.29, 1.82) is 0 Å². The highest BCUT2D eigenvalue weighted by Gasteiger charge is 1.96. The molecule has 4 nitrogen and oxygen atoms in total. The second-order valence-electron chi connectivity index (χ2n) is 10.0. The Morgan fingerprint density at radius 3 is 1.15 bits per heavy atom. The zero-order chi connectivity index (χ0) is 29.1. The highest BCUT2D eigenvalue weighted by atomic mass is 16.4. The maximum Gasteiger partial charge on any atom is 0.303 e. The van der Waals surface area contributed by atoms with Crippen molar-refractivity contribution in [3.63, 3.8) is 0 Å². The maximum atomic E-state index is 10.3. The molecule has 0 radical (unpaired) electrons. The average Bonchev–Trinajstić information content (AvgIpc) is 2.91. The molecule has 0 heterocycles. The molecule has 2 N–H and O–H groups in total. The molecule has 0 saturated heterocycles. The molecule has 0 unspecified atom stereocenters. The molecule has 39 heavy (non-hydrogen) atoms. The summed E-state index contributed by atoms with van der Waals surface area (Å²) in [5.74, 6) is -1.35. The largest absolute Gasteiger partial charge is 0.481 e. The quantitative estimate of drug-likeness (QED) is 0.0838. The van der Waals surface area contributed by atoms with Gasteiger partial charge in [0.1, 0.15) is 0 Å². The third-order valence-corrected chi connectivity index (χ3v) is 6.13. The fourth-order valence-corrected chi connectivity index (χ4v) is 3.79. The standard InChI is InChI=1S/C18H30O2.C17H30O2/c1-2-3-4-5-6-7-8-9-10-11-12-13-14-15-16-17-18(19)20;1-2-3-4-5-6-7-8-9-10-11-12-13-14-15-16-17(18)19/h3-4,6-7,9-10H,2,5,8,11-17H2,1H3,(H,19,20);5-6,8-9H,2-4,7,10-16H2,1H3,(H,18,19)/b4-3-,7-6-,10-9-;6-5-,9-8-. The lowest BCUT2D eigenvalue weighted by molar-refractivity contribution is -0.138. The molecule has 0 aliphatic carbocycles. The van der Waals surface area contributed by atoms with Crippen LogP contribution in [0.3, 0.4) is 0 Å². The summed E-state index contributed by atoms with van der Waals surface area (Å²) in [6.45, 7) is 4.37. The summed E-state index contributed by atoms with van der Waals surface area (Å²) in [7, 11) is 0. The highest BCUT2D eigenvalue weighted by Crippen LogP contribution is 2.09. The topological polar surface area (TPSA) is 74.6 Å². The van der Waals surface area contributed by atoms with Crippen molar-refractivity contribution in [3.05, 3.63) is 60.8 Å². The van der Waals surface area contributed by atoms with Crippen molar-refractivity contribution in [2.24, 2.45) is 0 Å². The van der Waals surface area contributed by atoms with E-state index in [1.807, 2.05) is 0 Å². The van der Waals surface area contributed by atoms with Gasteiger partial charge in [-0.2, -0.15) is 0 Å². The fourth-order valence-electron chi connectivity index (χ4n) is 3.79. The first-order valence-electron chi connectivity index (χ1n) is 15.7. The lowest BCUT2D eigenvalue weighted by atomic mass is 10.1. The lowest BCUT2D eigenvalue weighted by Crippen LogP contribution is -1.93. The summed E-state index contributed by atoms with van der Waals surface area (Å²) in [6.07, 6.45) is 44.2. The minimum Gasteiger partial charge on any atom is -0.481 e.